The number of aromatic nitrogens is 4. The van der Waals surface area contributed by atoms with E-state index in [2.05, 4.69) is 15.3 Å². The highest BCUT2D eigenvalue weighted by Crippen LogP contribution is 2.31. The lowest BCUT2D eigenvalue weighted by molar-refractivity contribution is -0.142. The molecule has 2 rings (SSSR count). The molecule has 0 aromatic carbocycles. The number of aliphatic hydroxyl groups is 1. The van der Waals surface area contributed by atoms with Crippen LogP contribution in [-0.4, -0.2) is 31.7 Å². The van der Waals surface area contributed by atoms with Gasteiger partial charge < -0.3 is 9.52 Å². The van der Waals surface area contributed by atoms with Crippen LogP contribution in [0.4, 0.5) is 13.2 Å². The Hall–Kier alpha value is -1.90. The van der Waals surface area contributed by atoms with Gasteiger partial charge in [-0.3, -0.25) is 4.68 Å². The van der Waals surface area contributed by atoms with E-state index >= 15 is 0 Å². The normalized spacial score (nSPS) is 12.3. The molecule has 122 valence electrons. The van der Waals surface area contributed by atoms with Gasteiger partial charge in [0.25, 0.3) is 0 Å². The summed E-state index contributed by atoms with van der Waals surface area (Å²) < 4.78 is 45.3. The molecular weight excluding hydrogens is 301 g/mol. The van der Waals surface area contributed by atoms with Crippen molar-refractivity contribution in [2.75, 3.05) is 6.61 Å². The van der Waals surface area contributed by atoms with Crippen molar-refractivity contribution in [3.63, 3.8) is 0 Å². The lowest BCUT2D eigenvalue weighted by Crippen LogP contribution is -2.10. The van der Waals surface area contributed by atoms with Crippen LogP contribution in [0.25, 0.3) is 0 Å². The average molecular weight is 318 g/mol. The Bertz CT molecular complexity index is 619. The van der Waals surface area contributed by atoms with Crippen molar-refractivity contribution >= 4 is 0 Å². The number of halogens is 3. The highest BCUT2D eigenvalue weighted by molar-refractivity contribution is 5.20. The van der Waals surface area contributed by atoms with Crippen molar-refractivity contribution in [1.29, 1.82) is 0 Å². The molecule has 0 aliphatic heterocycles. The molecule has 1 N–H and O–H groups in total. The first kappa shape index (κ1) is 16.5. The highest BCUT2D eigenvalue weighted by atomic mass is 19.4. The largest absolute Gasteiger partial charge is 0.435 e. The van der Waals surface area contributed by atoms with Crippen molar-refractivity contribution in [2.45, 2.75) is 45.3 Å². The van der Waals surface area contributed by atoms with Gasteiger partial charge in [0.2, 0.25) is 11.8 Å². The summed E-state index contributed by atoms with van der Waals surface area (Å²) in [5, 5.41) is 20.0. The van der Waals surface area contributed by atoms with Gasteiger partial charge in [-0.15, -0.1) is 10.2 Å². The van der Waals surface area contributed by atoms with E-state index in [9.17, 15) is 13.2 Å². The Morgan fingerprint density at radius 2 is 2.05 bits per heavy atom. The van der Waals surface area contributed by atoms with E-state index in [1.54, 1.807) is 0 Å². The van der Waals surface area contributed by atoms with Gasteiger partial charge in [0.05, 0.1) is 0 Å². The van der Waals surface area contributed by atoms with Crippen molar-refractivity contribution in [3.8, 4) is 0 Å². The van der Waals surface area contributed by atoms with Gasteiger partial charge in [-0.1, -0.05) is 13.8 Å². The quantitative estimate of drug-likeness (QED) is 0.885. The number of nitrogens with zero attached hydrogens (tertiary/aromatic N) is 4. The first-order chi connectivity index (χ1) is 10.3. The topological polar surface area (TPSA) is 77.0 Å². The highest BCUT2D eigenvalue weighted by Gasteiger charge is 2.37. The number of hydrogen-bond acceptors (Lipinski definition) is 5. The van der Waals surface area contributed by atoms with Crippen molar-refractivity contribution in [1.82, 2.24) is 20.0 Å². The predicted molar refractivity (Wildman–Crippen MR) is 70.1 cm³/mol. The summed E-state index contributed by atoms with van der Waals surface area (Å²) in [6, 6.07) is 0. The summed E-state index contributed by atoms with van der Waals surface area (Å²) in [7, 11) is 0. The first-order valence-electron chi connectivity index (χ1n) is 6.88. The molecule has 0 fully saturated rings. The van der Waals surface area contributed by atoms with Crippen molar-refractivity contribution in [3.05, 3.63) is 29.2 Å². The first-order valence-corrected chi connectivity index (χ1v) is 6.88. The lowest BCUT2D eigenvalue weighted by Gasteiger charge is -2.04. The van der Waals surface area contributed by atoms with Crippen LogP contribution in [-0.2, 0) is 19.1 Å². The van der Waals surface area contributed by atoms with Crippen LogP contribution in [0, 0.1) is 0 Å². The van der Waals surface area contributed by atoms with Gasteiger partial charge >= 0.3 is 6.18 Å². The summed E-state index contributed by atoms with van der Waals surface area (Å²) in [6.45, 7) is 3.55. The fraction of sp³-hybridized carbons (Fsp3) is 0.615. The average Bonchev–Trinajstić information content (AvgIpc) is 3.03. The van der Waals surface area contributed by atoms with Crippen LogP contribution in [0.15, 0.2) is 10.6 Å². The van der Waals surface area contributed by atoms with Gasteiger partial charge in [0.1, 0.15) is 6.54 Å². The Balaban J connectivity index is 2.21. The molecule has 0 aliphatic rings. The van der Waals surface area contributed by atoms with Crippen molar-refractivity contribution < 1.29 is 22.7 Å². The van der Waals surface area contributed by atoms with Crippen LogP contribution < -0.4 is 0 Å². The molecule has 0 radical (unpaired) electrons. The molecule has 22 heavy (non-hydrogen) atoms. The minimum absolute atomic E-state index is 0.0259. The summed E-state index contributed by atoms with van der Waals surface area (Å²) in [5.74, 6) is 0.678. The monoisotopic (exact) mass is 318 g/mol. The molecule has 0 bridgehead atoms. The van der Waals surface area contributed by atoms with Crippen LogP contribution >= 0.6 is 0 Å². The number of hydrogen-bond donors (Lipinski definition) is 1. The van der Waals surface area contributed by atoms with Crippen LogP contribution in [0.5, 0.6) is 0 Å². The number of aliphatic hydroxyl groups excluding tert-OH is 1. The van der Waals surface area contributed by atoms with Crippen LogP contribution in [0.3, 0.4) is 0 Å². The second-order valence-corrected chi connectivity index (χ2v) is 5.21. The molecule has 0 atom stereocenters. The van der Waals surface area contributed by atoms with E-state index in [0.717, 1.165) is 4.68 Å². The number of rotatable bonds is 6. The molecule has 0 spiro atoms. The third kappa shape index (κ3) is 3.85. The predicted octanol–water partition coefficient (Wildman–Crippen LogP) is 2.38. The summed E-state index contributed by atoms with van der Waals surface area (Å²) in [4.78, 5) is 0. The molecule has 0 unspecified atom stereocenters. The van der Waals surface area contributed by atoms with Gasteiger partial charge in [-0.25, -0.2) is 0 Å². The third-order valence-electron chi connectivity index (χ3n) is 2.98. The standard InChI is InChI=1S/C13H17F3N4O2/c1-8(2)12-18-17-10(22-12)7-20-6-9(4-3-5-21)11(19-20)13(14,15)16/h6,8,21H,3-5,7H2,1-2H3. The Morgan fingerprint density at radius 1 is 1.32 bits per heavy atom. The van der Waals surface area contributed by atoms with Crippen LogP contribution in [0.1, 0.15) is 49.2 Å². The summed E-state index contributed by atoms with van der Waals surface area (Å²) in [6.07, 6.45) is -2.88. The van der Waals surface area contributed by atoms with Gasteiger partial charge in [-0.2, -0.15) is 18.3 Å². The minimum atomic E-state index is -4.53. The fourth-order valence-electron chi connectivity index (χ4n) is 1.94. The minimum Gasteiger partial charge on any atom is -0.423 e. The lowest BCUT2D eigenvalue weighted by atomic mass is 10.1. The second kappa shape index (κ2) is 6.47. The molecule has 9 heteroatoms. The molecule has 2 heterocycles. The van der Waals surface area contributed by atoms with Gasteiger partial charge in [0, 0.05) is 24.3 Å². The van der Waals surface area contributed by atoms with E-state index in [0.29, 0.717) is 5.89 Å². The summed E-state index contributed by atoms with van der Waals surface area (Å²) >= 11 is 0. The van der Waals surface area contributed by atoms with Gasteiger partial charge in [0.15, 0.2) is 5.69 Å². The maximum atomic E-state index is 12.9. The number of aryl methyl sites for hydroxylation is 1. The van der Waals surface area contributed by atoms with E-state index in [1.807, 2.05) is 13.8 Å². The summed E-state index contributed by atoms with van der Waals surface area (Å²) in [5.41, 5.74) is -0.894. The smallest absolute Gasteiger partial charge is 0.423 e. The Kier molecular flexibility index (Phi) is 4.84. The molecule has 0 saturated carbocycles. The van der Waals surface area contributed by atoms with E-state index in [4.69, 9.17) is 9.52 Å². The van der Waals surface area contributed by atoms with E-state index in [-0.39, 0.29) is 43.4 Å². The molecule has 0 saturated heterocycles. The molecular formula is C13H17F3N4O2. The zero-order valence-electron chi connectivity index (χ0n) is 12.3. The third-order valence-corrected chi connectivity index (χ3v) is 2.98. The van der Waals surface area contributed by atoms with Crippen LogP contribution in [0.2, 0.25) is 0 Å². The molecule has 2 aromatic heterocycles. The van der Waals surface area contributed by atoms with Crippen molar-refractivity contribution in [2.24, 2.45) is 0 Å². The number of alkyl halides is 3. The van der Waals surface area contributed by atoms with E-state index in [1.165, 1.54) is 6.20 Å². The SMILES string of the molecule is CC(C)c1nnc(Cn2cc(CCCO)c(C(F)(F)F)n2)o1. The maximum absolute atomic E-state index is 12.9. The Morgan fingerprint density at radius 3 is 2.59 bits per heavy atom. The van der Waals surface area contributed by atoms with Gasteiger partial charge in [-0.05, 0) is 12.8 Å². The molecule has 0 aliphatic carbocycles. The second-order valence-electron chi connectivity index (χ2n) is 5.21. The fourth-order valence-corrected chi connectivity index (χ4v) is 1.94. The Labute approximate surface area is 125 Å². The maximum Gasteiger partial charge on any atom is 0.435 e. The zero-order chi connectivity index (χ0) is 16.3. The molecule has 0 amide bonds. The molecule has 2 aromatic rings. The zero-order valence-corrected chi connectivity index (χ0v) is 12.3. The molecule has 6 nitrogen and oxygen atoms in total. The van der Waals surface area contributed by atoms with E-state index < -0.39 is 11.9 Å².